The maximum Gasteiger partial charge on any atom is 0.324 e. The van der Waals surface area contributed by atoms with Gasteiger partial charge in [0.05, 0.1) is 0 Å². The van der Waals surface area contributed by atoms with Crippen molar-refractivity contribution in [2.75, 3.05) is 7.05 Å². The van der Waals surface area contributed by atoms with Gasteiger partial charge < -0.3 is 5.32 Å². The first-order valence-corrected chi connectivity index (χ1v) is 5.21. The van der Waals surface area contributed by atoms with Crippen LogP contribution in [0, 0.1) is 6.92 Å². The van der Waals surface area contributed by atoms with Gasteiger partial charge in [-0.3, -0.25) is 9.69 Å². The molecule has 1 aromatic carbocycles. The Bertz CT molecular complexity index is 442. The summed E-state index contributed by atoms with van der Waals surface area (Å²) < 4.78 is 0. The van der Waals surface area contributed by atoms with Crippen LogP contribution in [0.5, 0.6) is 0 Å². The van der Waals surface area contributed by atoms with Gasteiger partial charge in [-0.15, -0.1) is 0 Å². The highest BCUT2D eigenvalue weighted by Gasteiger charge is 2.34. The topological polar surface area (TPSA) is 49.4 Å². The molecule has 3 amide bonds. The van der Waals surface area contributed by atoms with Gasteiger partial charge in [-0.2, -0.15) is 0 Å². The third-order valence-electron chi connectivity index (χ3n) is 2.75. The Morgan fingerprint density at radius 2 is 2.12 bits per heavy atom. The number of rotatable bonds is 2. The summed E-state index contributed by atoms with van der Waals surface area (Å²) in [6, 6.07) is 7.21. The first-order chi connectivity index (χ1) is 7.58. The second-order valence-corrected chi connectivity index (χ2v) is 4.09. The van der Waals surface area contributed by atoms with E-state index in [4.69, 9.17) is 0 Å². The minimum absolute atomic E-state index is 0.161. The van der Waals surface area contributed by atoms with E-state index in [1.54, 1.807) is 0 Å². The van der Waals surface area contributed by atoms with E-state index >= 15 is 0 Å². The lowest BCUT2D eigenvalue weighted by molar-refractivity contribution is -0.126. The van der Waals surface area contributed by atoms with Gasteiger partial charge in [0.2, 0.25) is 0 Å². The molecule has 0 saturated carbocycles. The number of hydrogen-bond acceptors (Lipinski definition) is 2. The molecule has 2 rings (SSSR count). The predicted octanol–water partition coefficient (Wildman–Crippen LogP) is 1.09. The molecule has 1 N–H and O–H groups in total. The molecule has 16 heavy (non-hydrogen) atoms. The first-order valence-electron chi connectivity index (χ1n) is 5.21. The Morgan fingerprint density at radius 1 is 1.38 bits per heavy atom. The van der Waals surface area contributed by atoms with Gasteiger partial charge in [-0.05, 0) is 12.5 Å². The van der Waals surface area contributed by atoms with E-state index in [0.717, 1.165) is 16.0 Å². The van der Waals surface area contributed by atoms with Crippen molar-refractivity contribution >= 4 is 11.9 Å². The number of urea groups is 1. The monoisotopic (exact) mass is 218 g/mol. The molecular weight excluding hydrogens is 204 g/mol. The molecule has 84 valence electrons. The molecule has 0 spiro atoms. The average molecular weight is 218 g/mol. The molecule has 0 bridgehead atoms. The van der Waals surface area contributed by atoms with Crippen molar-refractivity contribution in [1.82, 2.24) is 10.2 Å². The Kier molecular flexibility index (Phi) is 2.64. The zero-order chi connectivity index (χ0) is 11.7. The number of hydrogen-bond donors (Lipinski definition) is 1. The fraction of sp³-hybridized carbons (Fsp3) is 0.333. The van der Waals surface area contributed by atoms with Crippen molar-refractivity contribution in [1.29, 1.82) is 0 Å². The summed E-state index contributed by atoms with van der Waals surface area (Å²) in [5.74, 6) is -0.161. The summed E-state index contributed by atoms with van der Waals surface area (Å²) in [6.07, 6.45) is 0.552. The van der Waals surface area contributed by atoms with Crippen LogP contribution in [0.15, 0.2) is 24.3 Å². The van der Waals surface area contributed by atoms with Crippen molar-refractivity contribution in [3.8, 4) is 0 Å². The predicted molar refractivity (Wildman–Crippen MR) is 60.0 cm³/mol. The van der Waals surface area contributed by atoms with Crippen LogP contribution in [0.4, 0.5) is 4.79 Å². The molecule has 0 radical (unpaired) electrons. The summed E-state index contributed by atoms with van der Waals surface area (Å²) in [5, 5.41) is 2.66. The van der Waals surface area contributed by atoms with Crippen molar-refractivity contribution in [2.45, 2.75) is 19.4 Å². The Hall–Kier alpha value is -1.84. The highest BCUT2D eigenvalue weighted by molar-refractivity contribution is 6.03. The number of carbonyl (C=O) groups is 2. The first kappa shape index (κ1) is 10.7. The van der Waals surface area contributed by atoms with Gasteiger partial charge in [-0.25, -0.2) is 4.79 Å². The van der Waals surface area contributed by atoms with E-state index in [1.807, 2.05) is 31.2 Å². The minimum Gasteiger partial charge on any atom is -0.325 e. The van der Waals surface area contributed by atoms with Crippen molar-refractivity contribution in [3.05, 3.63) is 35.4 Å². The molecular formula is C12H14N2O2. The van der Waals surface area contributed by atoms with Crippen molar-refractivity contribution in [2.24, 2.45) is 0 Å². The molecule has 1 aromatic rings. The van der Waals surface area contributed by atoms with Gasteiger partial charge in [0.15, 0.2) is 0 Å². The maximum absolute atomic E-state index is 11.6. The number of likely N-dealkylation sites (N-methyl/N-ethyl adjacent to an activating group) is 1. The quantitative estimate of drug-likeness (QED) is 0.755. The van der Waals surface area contributed by atoms with Crippen LogP contribution in [0.2, 0.25) is 0 Å². The number of carbonyl (C=O) groups excluding carboxylic acids is 2. The molecule has 0 aromatic heterocycles. The zero-order valence-electron chi connectivity index (χ0n) is 9.36. The van der Waals surface area contributed by atoms with E-state index in [-0.39, 0.29) is 11.9 Å². The van der Waals surface area contributed by atoms with E-state index in [9.17, 15) is 9.59 Å². The normalized spacial score (nSPS) is 20.1. The summed E-state index contributed by atoms with van der Waals surface area (Å²) >= 11 is 0. The molecule has 4 heteroatoms. The van der Waals surface area contributed by atoms with E-state index in [2.05, 4.69) is 5.32 Å². The number of imide groups is 1. The third-order valence-corrected chi connectivity index (χ3v) is 2.75. The lowest BCUT2D eigenvalue weighted by Crippen LogP contribution is -2.31. The molecule has 4 nitrogen and oxygen atoms in total. The van der Waals surface area contributed by atoms with Crippen molar-refractivity contribution < 1.29 is 9.59 Å². The van der Waals surface area contributed by atoms with E-state index in [0.29, 0.717) is 6.42 Å². The SMILES string of the molecule is Cc1cccc(CC2NC(=O)N(C)C2=O)c1. The summed E-state index contributed by atoms with van der Waals surface area (Å²) in [7, 11) is 1.49. The van der Waals surface area contributed by atoms with Gasteiger partial charge in [0.1, 0.15) is 6.04 Å². The average Bonchev–Trinajstić information content (AvgIpc) is 2.47. The third kappa shape index (κ3) is 1.91. The maximum atomic E-state index is 11.6. The Balaban J connectivity index is 2.12. The number of aryl methyl sites for hydroxylation is 1. The smallest absolute Gasteiger partial charge is 0.324 e. The molecule has 1 aliphatic rings. The largest absolute Gasteiger partial charge is 0.325 e. The molecule has 1 unspecified atom stereocenters. The van der Waals surface area contributed by atoms with Crippen LogP contribution in [-0.2, 0) is 11.2 Å². The van der Waals surface area contributed by atoms with Crippen LogP contribution in [-0.4, -0.2) is 29.9 Å². The number of nitrogens with one attached hydrogen (secondary N) is 1. The minimum atomic E-state index is -0.417. The van der Waals surface area contributed by atoms with E-state index < -0.39 is 6.04 Å². The number of nitrogens with zero attached hydrogens (tertiary/aromatic N) is 1. The standard InChI is InChI=1S/C12H14N2O2/c1-8-4-3-5-9(6-8)7-10-11(15)14(2)12(16)13-10/h3-6,10H,7H2,1-2H3,(H,13,16). The molecule has 1 saturated heterocycles. The van der Waals surface area contributed by atoms with Crippen LogP contribution >= 0.6 is 0 Å². The van der Waals surface area contributed by atoms with Gasteiger partial charge in [0.25, 0.3) is 5.91 Å². The van der Waals surface area contributed by atoms with Crippen LogP contribution in [0.25, 0.3) is 0 Å². The molecule has 1 fully saturated rings. The lowest BCUT2D eigenvalue weighted by Gasteiger charge is -2.08. The second-order valence-electron chi connectivity index (χ2n) is 4.09. The molecule has 1 atom stereocenters. The lowest BCUT2D eigenvalue weighted by atomic mass is 10.0. The highest BCUT2D eigenvalue weighted by Crippen LogP contribution is 2.11. The molecule has 1 heterocycles. The Morgan fingerprint density at radius 3 is 2.69 bits per heavy atom. The van der Waals surface area contributed by atoms with Crippen LogP contribution in [0.1, 0.15) is 11.1 Å². The van der Waals surface area contributed by atoms with Crippen LogP contribution < -0.4 is 5.32 Å². The Labute approximate surface area is 94.2 Å². The highest BCUT2D eigenvalue weighted by atomic mass is 16.2. The number of benzene rings is 1. The van der Waals surface area contributed by atoms with Gasteiger partial charge >= 0.3 is 6.03 Å². The van der Waals surface area contributed by atoms with Crippen molar-refractivity contribution in [3.63, 3.8) is 0 Å². The molecule has 0 aliphatic carbocycles. The van der Waals surface area contributed by atoms with Gasteiger partial charge in [0, 0.05) is 13.5 Å². The number of amides is 3. The van der Waals surface area contributed by atoms with Crippen LogP contribution in [0.3, 0.4) is 0 Å². The summed E-state index contributed by atoms with van der Waals surface area (Å²) in [5.41, 5.74) is 2.22. The van der Waals surface area contributed by atoms with Gasteiger partial charge in [-0.1, -0.05) is 29.8 Å². The fourth-order valence-corrected chi connectivity index (χ4v) is 1.85. The fourth-order valence-electron chi connectivity index (χ4n) is 1.85. The second kappa shape index (κ2) is 3.96. The summed E-state index contributed by atoms with van der Waals surface area (Å²) in [4.78, 5) is 24.0. The zero-order valence-corrected chi connectivity index (χ0v) is 9.36. The van der Waals surface area contributed by atoms with E-state index in [1.165, 1.54) is 7.05 Å². The summed E-state index contributed by atoms with van der Waals surface area (Å²) in [6.45, 7) is 2.00. The molecule has 1 aliphatic heterocycles.